The largest absolute Gasteiger partial charge is 0.506 e. The second kappa shape index (κ2) is 5.13. The minimum absolute atomic E-state index is 0.0421. The molecule has 0 radical (unpaired) electrons. The lowest BCUT2D eigenvalue weighted by Gasteiger charge is -2.34. The molecule has 1 aromatic heterocycles. The van der Waals surface area contributed by atoms with E-state index in [4.69, 9.17) is 0 Å². The minimum atomic E-state index is -0.0421. The van der Waals surface area contributed by atoms with Crippen molar-refractivity contribution in [1.82, 2.24) is 0 Å². The van der Waals surface area contributed by atoms with Gasteiger partial charge in [-0.05, 0) is 30.5 Å². The second-order valence-electron chi connectivity index (χ2n) is 4.87. The maximum absolute atomic E-state index is 12.0. The fourth-order valence-electron chi connectivity index (χ4n) is 2.44. The van der Waals surface area contributed by atoms with Crippen LogP contribution in [0.4, 0.5) is 5.69 Å². The molecule has 0 fully saturated rings. The van der Waals surface area contributed by atoms with Gasteiger partial charge in [0.1, 0.15) is 5.75 Å². The van der Waals surface area contributed by atoms with Gasteiger partial charge < -0.3 is 10.0 Å². The van der Waals surface area contributed by atoms with Crippen LogP contribution in [0.1, 0.15) is 24.3 Å². The van der Waals surface area contributed by atoms with Crippen LogP contribution in [0.5, 0.6) is 5.75 Å². The minimum Gasteiger partial charge on any atom is -0.506 e. The van der Waals surface area contributed by atoms with Crippen LogP contribution < -0.4 is 4.90 Å². The number of ketones is 1. The van der Waals surface area contributed by atoms with Gasteiger partial charge in [-0.15, -0.1) is 11.3 Å². The average Bonchev–Trinajstić information content (AvgIpc) is 2.96. The number of benzene rings is 1. The van der Waals surface area contributed by atoms with E-state index in [0.717, 1.165) is 16.1 Å². The third-order valence-corrected chi connectivity index (χ3v) is 4.49. The summed E-state index contributed by atoms with van der Waals surface area (Å²) in [6.45, 7) is 1.82. The number of nitrogens with zero attached hydrogens (tertiary/aromatic N) is 1. The molecule has 102 valence electrons. The van der Waals surface area contributed by atoms with Gasteiger partial charge in [-0.25, -0.2) is 0 Å². The number of aromatic hydroxyl groups is 1. The number of phenols is 1. The number of rotatable bonds is 2. The molecule has 1 aliphatic heterocycles. The topological polar surface area (TPSA) is 40.5 Å². The summed E-state index contributed by atoms with van der Waals surface area (Å²) < 4.78 is 0. The van der Waals surface area contributed by atoms with Gasteiger partial charge in [0.15, 0.2) is 5.78 Å². The van der Waals surface area contributed by atoms with E-state index in [1.807, 2.05) is 47.7 Å². The Morgan fingerprint density at radius 2 is 2.05 bits per heavy atom. The van der Waals surface area contributed by atoms with Crippen molar-refractivity contribution in [3.8, 4) is 5.75 Å². The summed E-state index contributed by atoms with van der Waals surface area (Å²) in [7, 11) is 0. The van der Waals surface area contributed by atoms with Crippen molar-refractivity contribution >= 4 is 22.8 Å². The zero-order valence-corrected chi connectivity index (χ0v) is 11.9. The molecule has 3 nitrogen and oxygen atoms in total. The zero-order chi connectivity index (χ0) is 14.1. The fourth-order valence-corrected chi connectivity index (χ4v) is 3.27. The number of phenolic OH excluding ortho intramolecular Hbond substituents is 1. The lowest BCUT2D eigenvalue weighted by Crippen LogP contribution is -2.30. The van der Waals surface area contributed by atoms with E-state index < -0.39 is 0 Å². The van der Waals surface area contributed by atoms with Crippen LogP contribution >= 0.6 is 11.3 Å². The maximum atomic E-state index is 12.0. The number of hydrogen-bond donors (Lipinski definition) is 1. The lowest BCUT2D eigenvalue weighted by molar-refractivity contribution is -0.116. The van der Waals surface area contributed by atoms with Crippen molar-refractivity contribution in [3.05, 3.63) is 58.4 Å². The zero-order valence-electron chi connectivity index (χ0n) is 11.1. The molecule has 1 aromatic carbocycles. The van der Waals surface area contributed by atoms with Crippen LogP contribution in [0, 0.1) is 0 Å². The highest BCUT2D eigenvalue weighted by molar-refractivity contribution is 7.10. The Bertz CT molecular complexity index is 661. The van der Waals surface area contributed by atoms with E-state index in [9.17, 15) is 9.90 Å². The van der Waals surface area contributed by atoms with Crippen LogP contribution in [-0.2, 0) is 4.79 Å². The summed E-state index contributed by atoms with van der Waals surface area (Å²) in [6, 6.07) is 11.2. The molecule has 2 aromatic rings. The Hall–Kier alpha value is -2.07. The molecule has 0 unspecified atom stereocenters. The summed E-state index contributed by atoms with van der Waals surface area (Å²) in [5.74, 6) is 0.391. The smallest absolute Gasteiger partial charge is 0.162 e. The first-order chi connectivity index (χ1) is 9.66. The fraction of sp³-hybridized carbons (Fsp3) is 0.188. The van der Waals surface area contributed by atoms with Gasteiger partial charge in [0.05, 0.1) is 11.7 Å². The Balaban J connectivity index is 2.09. The van der Waals surface area contributed by atoms with Gasteiger partial charge in [0.25, 0.3) is 0 Å². The number of para-hydroxylation sites is 2. The first-order valence-electron chi connectivity index (χ1n) is 6.48. The predicted octanol–water partition coefficient (Wildman–Crippen LogP) is 3.88. The summed E-state index contributed by atoms with van der Waals surface area (Å²) >= 11 is 1.63. The molecular formula is C16H15NO2S. The third kappa shape index (κ3) is 2.23. The first-order valence-corrected chi connectivity index (χ1v) is 7.36. The van der Waals surface area contributed by atoms with E-state index in [0.29, 0.717) is 6.42 Å². The molecule has 0 bridgehead atoms. The summed E-state index contributed by atoms with van der Waals surface area (Å²) in [5, 5.41) is 12.1. The number of Topliss-reactive ketones (excluding diaryl/α,β-unsaturated/α-hetero) is 1. The van der Waals surface area contributed by atoms with Crippen LogP contribution in [0.2, 0.25) is 0 Å². The lowest BCUT2D eigenvalue weighted by atomic mass is 9.98. The van der Waals surface area contributed by atoms with Crippen molar-refractivity contribution in [2.24, 2.45) is 0 Å². The SMILES string of the molecule is CC1=CN(c2ccccc2O)[C@@H](c2cccs2)CC1=O. The second-order valence-corrected chi connectivity index (χ2v) is 5.85. The maximum Gasteiger partial charge on any atom is 0.162 e. The van der Waals surface area contributed by atoms with Gasteiger partial charge in [0, 0.05) is 23.1 Å². The highest BCUT2D eigenvalue weighted by atomic mass is 32.1. The summed E-state index contributed by atoms with van der Waals surface area (Å²) in [4.78, 5) is 15.1. The van der Waals surface area contributed by atoms with Crippen molar-refractivity contribution in [1.29, 1.82) is 0 Å². The molecule has 1 aliphatic rings. The standard InChI is InChI=1S/C16H15NO2S/c1-11-10-17(12-5-2-3-6-14(12)18)13(9-15(11)19)16-7-4-8-20-16/h2-8,10,13,18H,9H2,1H3/t13-/m1/s1. The van der Waals surface area contributed by atoms with E-state index in [2.05, 4.69) is 0 Å². The Morgan fingerprint density at radius 1 is 1.25 bits per heavy atom. The van der Waals surface area contributed by atoms with Gasteiger partial charge in [-0.3, -0.25) is 4.79 Å². The first kappa shape index (κ1) is 12.9. The molecule has 2 heterocycles. The molecule has 0 aliphatic carbocycles. The molecule has 1 atom stereocenters. The van der Waals surface area contributed by atoms with Gasteiger partial charge in [-0.1, -0.05) is 18.2 Å². The van der Waals surface area contributed by atoms with E-state index in [-0.39, 0.29) is 17.6 Å². The molecule has 4 heteroatoms. The monoisotopic (exact) mass is 285 g/mol. The normalized spacial score (nSPS) is 19.1. The van der Waals surface area contributed by atoms with Gasteiger partial charge in [-0.2, -0.15) is 0 Å². The number of anilines is 1. The number of hydrogen-bond acceptors (Lipinski definition) is 4. The highest BCUT2D eigenvalue weighted by Gasteiger charge is 2.29. The Kier molecular flexibility index (Phi) is 3.32. The van der Waals surface area contributed by atoms with Gasteiger partial charge in [0.2, 0.25) is 0 Å². The van der Waals surface area contributed by atoms with Crippen molar-refractivity contribution in [2.45, 2.75) is 19.4 Å². The van der Waals surface area contributed by atoms with Gasteiger partial charge >= 0.3 is 0 Å². The Morgan fingerprint density at radius 3 is 2.75 bits per heavy atom. The molecule has 20 heavy (non-hydrogen) atoms. The number of carbonyl (C=O) groups is 1. The van der Waals surface area contributed by atoms with Crippen LogP contribution in [0.25, 0.3) is 0 Å². The van der Waals surface area contributed by atoms with E-state index in [1.165, 1.54) is 0 Å². The molecule has 0 amide bonds. The van der Waals surface area contributed by atoms with E-state index >= 15 is 0 Å². The molecule has 1 N–H and O–H groups in total. The summed E-state index contributed by atoms with van der Waals surface area (Å²) in [5.41, 5.74) is 1.46. The predicted molar refractivity (Wildman–Crippen MR) is 81.0 cm³/mol. The van der Waals surface area contributed by atoms with E-state index in [1.54, 1.807) is 23.5 Å². The highest BCUT2D eigenvalue weighted by Crippen LogP contribution is 2.40. The molecule has 0 spiro atoms. The molecule has 3 rings (SSSR count). The number of allylic oxidation sites excluding steroid dienone is 1. The molecule has 0 saturated carbocycles. The number of carbonyl (C=O) groups excluding carboxylic acids is 1. The third-order valence-electron chi connectivity index (χ3n) is 3.52. The number of thiophene rings is 1. The molecular weight excluding hydrogens is 270 g/mol. The van der Waals surface area contributed by atoms with Crippen molar-refractivity contribution in [3.63, 3.8) is 0 Å². The molecule has 0 saturated heterocycles. The van der Waals surface area contributed by atoms with Crippen molar-refractivity contribution < 1.29 is 9.90 Å². The summed E-state index contributed by atoms with van der Waals surface area (Å²) in [6.07, 6.45) is 2.28. The van der Waals surface area contributed by atoms with Crippen LogP contribution in [0.3, 0.4) is 0 Å². The van der Waals surface area contributed by atoms with Crippen LogP contribution in [0.15, 0.2) is 53.6 Å². The quantitative estimate of drug-likeness (QED) is 0.910. The van der Waals surface area contributed by atoms with Crippen molar-refractivity contribution in [2.75, 3.05) is 4.90 Å². The van der Waals surface area contributed by atoms with Crippen LogP contribution in [-0.4, -0.2) is 10.9 Å². The Labute approximate surface area is 121 Å². The average molecular weight is 285 g/mol.